The van der Waals surface area contributed by atoms with Crippen LogP contribution in [0.1, 0.15) is 13.8 Å². The minimum absolute atomic E-state index is 0.0277. The number of sulfone groups is 1. The zero-order chi connectivity index (χ0) is 16.3. The average Bonchev–Trinajstić information content (AvgIpc) is 2.37. The predicted molar refractivity (Wildman–Crippen MR) is 73.8 cm³/mol. The zero-order valence-corrected chi connectivity index (χ0v) is 12.8. The molecule has 8 heteroatoms. The number of methoxy groups -OCH3 is 1. The molecule has 0 fully saturated rings. The molecule has 1 N–H and O–H groups in total. The molecule has 0 aromatic heterocycles. The van der Waals surface area contributed by atoms with Gasteiger partial charge in [0.2, 0.25) is 0 Å². The first-order valence-electron chi connectivity index (χ1n) is 6.26. The second kappa shape index (κ2) is 6.65. The largest absolute Gasteiger partial charge is 0.501 e. The maximum atomic E-state index is 12.4. The van der Waals surface area contributed by atoms with Crippen LogP contribution in [-0.4, -0.2) is 33.7 Å². The molecule has 0 amide bonds. The van der Waals surface area contributed by atoms with E-state index in [1.165, 1.54) is 12.1 Å². The Bertz CT molecular complexity index is 553. The van der Waals surface area contributed by atoms with Crippen molar-refractivity contribution in [3.05, 3.63) is 24.3 Å². The summed E-state index contributed by atoms with van der Waals surface area (Å²) in [5, 5.41) is 3.10. The number of anilines is 1. The summed E-state index contributed by atoms with van der Waals surface area (Å²) in [4.78, 5) is -0.770. The second-order valence-electron chi connectivity index (χ2n) is 4.92. The monoisotopic (exact) mass is 325 g/mol. The molecular formula is C13H18F3NO3S. The molecule has 0 aliphatic heterocycles. The van der Waals surface area contributed by atoms with Crippen LogP contribution in [0.2, 0.25) is 0 Å². The molecule has 0 spiro atoms. The topological polar surface area (TPSA) is 55.4 Å². The van der Waals surface area contributed by atoms with Crippen LogP contribution in [0.4, 0.5) is 18.9 Å². The van der Waals surface area contributed by atoms with E-state index in [9.17, 15) is 21.6 Å². The van der Waals surface area contributed by atoms with Gasteiger partial charge < -0.3 is 10.1 Å². The van der Waals surface area contributed by atoms with E-state index >= 15 is 0 Å². The van der Waals surface area contributed by atoms with Crippen molar-refractivity contribution >= 4 is 15.5 Å². The summed E-state index contributed by atoms with van der Waals surface area (Å²) in [5.74, 6) is 0.239. The quantitative estimate of drug-likeness (QED) is 0.873. The Morgan fingerprint density at radius 3 is 2.10 bits per heavy atom. The third-order valence-electron chi connectivity index (χ3n) is 2.97. The fourth-order valence-electron chi connectivity index (χ4n) is 1.66. The number of halogens is 3. The third-order valence-corrected chi connectivity index (χ3v) is 4.47. The first kappa shape index (κ1) is 17.8. The molecule has 120 valence electrons. The van der Waals surface area contributed by atoms with E-state index in [-0.39, 0.29) is 12.0 Å². The summed E-state index contributed by atoms with van der Waals surface area (Å²) >= 11 is 0. The van der Waals surface area contributed by atoms with Crippen molar-refractivity contribution in [1.82, 2.24) is 0 Å². The highest BCUT2D eigenvalue weighted by Crippen LogP contribution is 2.30. The first-order valence-corrected chi connectivity index (χ1v) is 7.74. The summed E-state index contributed by atoms with van der Waals surface area (Å²) in [5.41, 5.74) is -4.76. The standard InChI is InChI=1S/C13H18F3NO3S/c1-9(2)12(8-20-3)17-10-4-6-11(7-5-10)21(18,19)13(14,15)16/h4-7,9,12,17H,8H2,1-3H3. The van der Waals surface area contributed by atoms with Crippen molar-refractivity contribution in [1.29, 1.82) is 0 Å². The van der Waals surface area contributed by atoms with Gasteiger partial charge in [-0.2, -0.15) is 13.2 Å². The lowest BCUT2D eigenvalue weighted by Crippen LogP contribution is -2.30. The van der Waals surface area contributed by atoms with Crippen LogP contribution in [0.5, 0.6) is 0 Å². The molecule has 21 heavy (non-hydrogen) atoms. The van der Waals surface area contributed by atoms with E-state index in [2.05, 4.69) is 5.32 Å². The number of benzene rings is 1. The molecule has 0 radical (unpaired) electrons. The summed E-state index contributed by atoms with van der Waals surface area (Å²) < 4.78 is 64.8. The van der Waals surface area contributed by atoms with E-state index in [4.69, 9.17) is 4.74 Å². The molecule has 1 unspecified atom stereocenters. The number of ether oxygens (including phenoxy) is 1. The van der Waals surface area contributed by atoms with E-state index in [0.717, 1.165) is 12.1 Å². The Labute approximate surface area is 122 Å². The van der Waals surface area contributed by atoms with Gasteiger partial charge in [0.25, 0.3) is 9.84 Å². The Hall–Kier alpha value is -1.28. The van der Waals surface area contributed by atoms with Crippen LogP contribution in [0.3, 0.4) is 0 Å². The van der Waals surface area contributed by atoms with Gasteiger partial charge in [-0.3, -0.25) is 0 Å². The zero-order valence-electron chi connectivity index (χ0n) is 11.9. The normalized spacial score (nSPS) is 14.2. The lowest BCUT2D eigenvalue weighted by Gasteiger charge is -2.22. The second-order valence-corrected chi connectivity index (χ2v) is 6.86. The number of rotatable bonds is 6. The summed E-state index contributed by atoms with van der Waals surface area (Å²) in [6, 6.07) is 4.47. The van der Waals surface area contributed by atoms with Gasteiger partial charge in [-0.25, -0.2) is 8.42 Å². The lowest BCUT2D eigenvalue weighted by molar-refractivity contribution is -0.0436. The molecular weight excluding hydrogens is 307 g/mol. The number of nitrogens with one attached hydrogen (secondary N) is 1. The summed E-state index contributed by atoms with van der Waals surface area (Å²) in [6.07, 6.45) is 0. The third kappa shape index (κ3) is 4.34. The number of hydrogen-bond acceptors (Lipinski definition) is 4. The maximum absolute atomic E-state index is 12.4. The minimum Gasteiger partial charge on any atom is -0.383 e. The fourth-order valence-corrected chi connectivity index (χ4v) is 2.42. The van der Waals surface area contributed by atoms with Crippen LogP contribution < -0.4 is 5.32 Å². The van der Waals surface area contributed by atoms with E-state index in [0.29, 0.717) is 12.3 Å². The van der Waals surface area contributed by atoms with Crippen molar-refractivity contribution in [3.8, 4) is 0 Å². The van der Waals surface area contributed by atoms with Crippen LogP contribution >= 0.6 is 0 Å². The molecule has 0 aliphatic rings. The molecule has 0 saturated heterocycles. The molecule has 0 heterocycles. The number of hydrogen-bond donors (Lipinski definition) is 1. The fraction of sp³-hybridized carbons (Fsp3) is 0.538. The highest BCUT2D eigenvalue weighted by atomic mass is 32.2. The van der Waals surface area contributed by atoms with Gasteiger partial charge >= 0.3 is 5.51 Å². The van der Waals surface area contributed by atoms with Crippen LogP contribution in [0, 0.1) is 5.92 Å². The molecule has 0 bridgehead atoms. The molecule has 0 saturated carbocycles. The van der Waals surface area contributed by atoms with Gasteiger partial charge in [0.05, 0.1) is 17.5 Å². The summed E-state index contributed by atoms with van der Waals surface area (Å²) in [6.45, 7) is 4.37. The smallest absolute Gasteiger partial charge is 0.383 e. The Morgan fingerprint density at radius 2 is 1.71 bits per heavy atom. The molecule has 1 aromatic rings. The van der Waals surface area contributed by atoms with Gasteiger partial charge in [0.15, 0.2) is 0 Å². The maximum Gasteiger partial charge on any atom is 0.501 e. The van der Waals surface area contributed by atoms with Crippen molar-refractivity contribution in [2.45, 2.75) is 30.3 Å². The highest BCUT2D eigenvalue weighted by molar-refractivity contribution is 7.92. The van der Waals surface area contributed by atoms with Crippen LogP contribution in [-0.2, 0) is 14.6 Å². The van der Waals surface area contributed by atoms with Crippen molar-refractivity contribution in [2.75, 3.05) is 19.0 Å². The molecule has 4 nitrogen and oxygen atoms in total. The molecule has 1 atom stereocenters. The van der Waals surface area contributed by atoms with Crippen molar-refractivity contribution in [2.24, 2.45) is 5.92 Å². The minimum atomic E-state index is -5.30. The molecule has 1 rings (SSSR count). The van der Waals surface area contributed by atoms with Gasteiger partial charge in [0, 0.05) is 12.8 Å². The van der Waals surface area contributed by atoms with Crippen molar-refractivity contribution in [3.63, 3.8) is 0 Å². The average molecular weight is 325 g/mol. The highest BCUT2D eigenvalue weighted by Gasteiger charge is 2.46. The van der Waals surface area contributed by atoms with E-state index in [1.54, 1.807) is 7.11 Å². The van der Waals surface area contributed by atoms with Gasteiger partial charge in [-0.15, -0.1) is 0 Å². The SMILES string of the molecule is COCC(Nc1ccc(S(=O)(=O)C(F)(F)F)cc1)C(C)C. The molecule has 1 aromatic carbocycles. The van der Waals surface area contributed by atoms with Gasteiger partial charge in [-0.05, 0) is 30.2 Å². The van der Waals surface area contributed by atoms with Crippen molar-refractivity contribution < 1.29 is 26.3 Å². The van der Waals surface area contributed by atoms with E-state index < -0.39 is 20.2 Å². The Balaban J connectivity index is 2.93. The van der Waals surface area contributed by atoms with Crippen LogP contribution in [0.25, 0.3) is 0 Å². The van der Waals surface area contributed by atoms with Crippen LogP contribution in [0.15, 0.2) is 29.2 Å². The summed E-state index contributed by atoms with van der Waals surface area (Å²) in [7, 11) is -3.75. The Kier molecular flexibility index (Phi) is 5.63. The van der Waals surface area contributed by atoms with Gasteiger partial charge in [-0.1, -0.05) is 13.8 Å². The predicted octanol–water partition coefficient (Wildman–Crippen LogP) is 3.06. The molecule has 0 aliphatic carbocycles. The van der Waals surface area contributed by atoms with E-state index in [1.807, 2.05) is 13.8 Å². The number of alkyl halides is 3. The Morgan fingerprint density at radius 1 is 1.19 bits per heavy atom. The van der Waals surface area contributed by atoms with Gasteiger partial charge in [0.1, 0.15) is 0 Å². The first-order chi connectivity index (χ1) is 9.59. The lowest BCUT2D eigenvalue weighted by atomic mass is 10.1.